The SMILES string of the molecule is CCNc1cc(NC2CCCC2OC)ncn1. The molecule has 0 saturated heterocycles. The first-order valence-electron chi connectivity index (χ1n) is 6.18. The lowest BCUT2D eigenvalue weighted by molar-refractivity contribution is 0.101. The molecule has 1 saturated carbocycles. The average molecular weight is 236 g/mol. The Morgan fingerprint density at radius 3 is 2.94 bits per heavy atom. The second-order valence-corrected chi connectivity index (χ2v) is 4.27. The molecule has 5 heteroatoms. The van der Waals surface area contributed by atoms with Gasteiger partial charge in [0.1, 0.15) is 18.0 Å². The lowest BCUT2D eigenvalue weighted by Gasteiger charge is -2.20. The largest absolute Gasteiger partial charge is 0.379 e. The van der Waals surface area contributed by atoms with E-state index in [1.165, 1.54) is 6.42 Å². The van der Waals surface area contributed by atoms with Crippen molar-refractivity contribution in [3.05, 3.63) is 12.4 Å². The first-order valence-corrected chi connectivity index (χ1v) is 6.18. The number of nitrogens with zero attached hydrogens (tertiary/aromatic N) is 2. The van der Waals surface area contributed by atoms with Crippen molar-refractivity contribution in [2.45, 2.75) is 38.3 Å². The van der Waals surface area contributed by atoms with Crippen molar-refractivity contribution >= 4 is 11.6 Å². The summed E-state index contributed by atoms with van der Waals surface area (Å²) in [7, 11) is 1.77. The molecule has 2 unspecified atom stereocenters. The lowest BCUT2D eigenvalue weighted by atomic mass is 10.2. The van der Waals surface area contributed by atoms with Crippen LogP contribution in [0.25, 0.3) is 0 Å². The number of ether oxygens (including phenoxy) is 1. The maximum atomic E-state index is 5.45. The van der Waals surface area contributed by atoms with E-state index >= 15 is 0 Å². The van der Waals surface area contributed by atoms with Gasteiger partial charge in [0.2, 0.25) is 0 Å². The van der Waals surface area contributed by atoms with Crippen molar-refractivity contribution in [2.75, 3.05) is 24.3 Å². The molecule has 17 heavy (non-hydrogen) atoms. The highest BCUT2D eigenvalue weighted by atomic mass is 16.5. The zero-order valence-corrected chi connectivity index (χ0v) is 10.4. The van der Waals surface area contributed by atoms with E-state index in [9.17, 15) is 0 Å². The van der Waals surface area contributed by atoms with Gasteiger partial charge in [-0.1, -0.05) is 0 Å². The fraction of sp³-hybridized carbons (Fsp3) is 0.667. The van der Waals surface area contributed by atoms with Gasteiger partial charge in [-0.3, -0.25) is 0 Å². The number of nitrogens with one attached hydrogen (secondary N) is 2. The highest BCUT2D eigenvalue weighted by molar-refractivity contribution is 5.47. The molecular weight excluding hydrogens is 216 g/mol. The van der Waals surface area contributed by atoms with Crippen LogP contribution in [0.5, 0.6) is 0 Å². The van der Waals surface area contributed by atoms with Gasteiger partial charge in [-0.15, -0.1) is 0 Å². The van der Waals surface area contributed by atoms with Crippen molar-refractivity contribution in [3.63, 3.8) is 0 Å². The van der Waals surface area contributed by atoms with Gasteiger partial charge >= 0.3 is 0 Å². The monoisotopic (exact) mass is 236 g/mol. The number of methoxy groups -OCH3 is 1. The van der Waals surface area contributed by atoms with E-state index in [1.807, 2.05) is 13.0 Å². The molecule has 2 rings (SSSR count). The van der Waals surface area contributed by atoms with Gasteiger partial charge in [0.25, 0.3) is 0 Å². The Morgan fingerprint density at radius 2 is 2.18 bits per heavy atom. The predicted octanol–water partition coefficient (Wildman–Crippen LogP) is 1.89. The average Bonchev–Trinajstić information content (AvgIpc) is 2.77. The van der Waals surface area contributed by atoms with Crippen molar-refractivity contribution in [3.8, 4) is 0 Å². The van der Waals surface area contributed by atoms with Crippen molar-refractivity contribution < 1.29 is 4.74 Å². The molecule has 0 aromatic carbocycles. The van der Waals surface area contributed by atoms with E-state index in [4.69, 9.17) is 4.74 Å². The van der Waals surface area contributed by atoms with Gasteiger partial charge in [0.05, 0.1) is 12.1 Å². The number of hydrogen-bond donors (Lipinski definition) is 2. The van der Waals surface area contributed by atoms with Crippen molar-refractivity contribution in [2.24, 2.45) is 0 Å². The molecule has 0 spiro atoms. The second-order valence-electron chi connectivity index (χ2n) is 4.27. The van der Waals surface area contributed by atoms with Crippen LogP contribution in [0.2, 0.25) is 0 Å². The Hall–Kier alpha value is -1.36. The minimum absolute atomic E-state index is 0.299. The second kappa shape index (κ2) is 5.82. The Labute approximate surface area is 102 Å². The van der Waals surface area contributed by atoms with E-state index in [0.717, 1.165) is 31.0 Å². The normalized spacial score (nSPS) is 23.6. The van der Waals surface area contributed by atoms with Gasteiger partial charge in [-0.2, -0.15) is 0 Å². The third kappa shape index (κ3) is 3.06. The van der Waals surface area contributed by atoms with Gasteiger partial charge in [0, 0.05) is 19.7 Å². The van der Waals surface area contributed by atoms with E-state index in [1.54, 1.807) is 13.4 Å². The van der Waals surface area contributed by atoms with E-state index in [0.29, 0.717) is 12.1 Å². The molecule has 1 fully saturated rings. The maximum absolute atomic E-state index is 5.45. The summed E-state index contributed by atoms with van der Waals surface area (Å²) in [6.07, 6.45) is 5.35. The number of hydrogen-bond acceptors (Lipinski definition) is 5. The zero-order valence-electron chi connectivity index (χ0n) is 10.4. The van der Waals surface area contributed by atoms with Gasteiger partial charge in [-0.25, -0.2) is 9.97 Å². The molecule has 0 amide bonds. The van der Waals surface area contributed by atoms with Gasteiger partial charge in [-0.05, 0) is 26.2 Å². The van der Waals surface area contributed by atoms with Crippen molar-refractivity contribution in [1.29, 1.82) is 0 Å². The fourth-order valence-electron chi connectivity index (χ4n) is 2.28. The molecule has 94 valence electrons. The molecule has 1 aliphatic carbocycles. The number of aromatic nitrogens is 2. The molecule has 5 nitrogen and oxygen atoms in total. The van der Waals surface area contributed by atoms with Crippen molar-refractivity contribution in [1.82, 2.24) is 9.97 Å². The molecule has 0 aliphatic heterocycles. The highest BCUT2D eigenvalue weighted by Crippen LogP contribution is 2.24. The molecule has 2 atom stereocenters. The summed E-state index contributed by atoms with van der Waals surface area (Å²) in [4.78, 5) is 8.39. The van der Waals surface area contributed by atoms with E-state index in [2.05, 4.69) is 20.6 Å². The molecule has 1 aliphatic rings. The molecule has 0 radical (unpaired) electrons. The Bertz CT molecular complexity index is 358. The summed E-state index contributed by atoms with van der Waals surface area (Å²) in [5.74, 6) is 1.72. The molecule has 0 bridgehead atoms. The quantitative estimate of drug-likeness (QED) is 0.817. The Kier molecular flexibility index (Phi) is 4.14. The number of rotatable bonds is 5. The summed E-state index contributed by atoms with van der Waals surface area (Å²) >= 11 is 0. The van der Waals surface area contributed by atoms with Gasteiger partial charge < -0.3 is 15.4 Å². The van der Waals surface area contributed by atoms with E-state index < -0.39 is 0 Å². The van der Waals surface area contributed by atoms with Crippen LogP contribution < -0.4 is 10.6 Å². The zero-order chi connectivity index (χ0) is 12.1. The van der Waals surface area contributed by atoms with Crippen LogP contribution in [-0.2, 0) is 4.74 Å². The van der Waals surface area contributed by atoms with Crippen LogP contribution in [0.4, 0.5) is 11.6 Å². The molecular formula is C12H20N4O. The van der Waals surface area contributed by atoms with Crippen LogP contribution in [0, 0.1) is 0 Å². The smallest absolute Gasteiger partial charge is 0.131 e. The summed E-state index contributed by atoms with van der Waals surface area (Å²) in [6.45, 7) is 2.91. The molecule has 1 aromatic rings. The summed E-state index contributed by atoms with van der Waals surface area (Å²) in [5.41, 5.74) is 0. The van der Waals surface area contributed by atoms with Crippen LogP contribution in [0.1, 0.15) is 26.2 Å². The third-order valence-corrected chi connectivity index (χ3v) is 3.11. The lowest BCUT2D eigenvalue weighted by Crippen LogP contribution is -2.30. The first kappa shape index (κ1) is 12.1. The Morgan fingerprint density at radius 1 is 1.35 bits per heavy atom. The van der Waals surface area contributed by atoms with Crippen LogP contribution in [-0.4, -0.2) is 35.8 Å². The topological polar surface area (TPSA) is 59.1 Å². The highest BCUT2D eigenvalue weighted by Gasteiger charge is 2.27. The maximum Gasteiger partial charge on any atom is 0.131 e. The molecule has 2 N–H and O–H groups in total. The standard InChI is InChI=1S/C12H20N4O/c1-3-13-11-7-12(15-8-14-11)16-9-5-4-6-10(9)17-2/h7-10H,3-6H2,1-2H3,(H2,13,14,15,16). The van der Waals surface area contributed by atoms with Gasteiger partial charge in [0.15, 0.2) is 0 Å². The minimum Gasteiger partial charge on any atom is -0.379 e. The molecule has 1 heterocycles. The molecule has 1 aromatic heterocycles. The van der Waals surface area contributed by atoms with Crippen LogP contribution in [0.3, 0.4) is 0 Å². The van der Waals surface area contributed by atoms with E-state index in [-0.39, 0.29) is 0 Å². The first-order chi connectivity index (χ1) is 8.33. The Balaban J connectivity index is 2.00. The predicted molar refractivity (Wildman–Crippen MR) is 68.3 cm³/mol. The minimum atomic E-state index is 0.299. The summed E-state index contributed by atoms with van der Waals surface area (Å²) < 4.78 is 5.45. The van der Waals surface area contributed by atoms with Crippen LogP contribution >= 0.6 is 0 Å². The fourth-order valence-corrected chi connectivity index (χ4v) is 2.28. The van der Waals surface area contributed by atoms with Crippen LogP contribution in [0.15, 0.2) is 12.4 Å². The number of anilines is 2. The third-order valence-electron chi connectivity index (χ3n) is 3.11. The summed E-state index contributed by atoms with van der Waals surface area (Å²) in [6, 6.07) is 2.30. The summed E-state index contributed by atoms with van der Waals surface area (Å²) in [5, 5.41) is 6.60.